The van der Waals surface area contributed by atoms with Crippen molar-refractivity contribution in [3.05, 3.63) is 47.5 Å². The number of nitrogens with two attached hydrogens (primary N) is 1. The lowest BCUT2D eigenvalue weighted by Gasteiger charge is -2.21. The number of nitrogens with one attached hydrogen (secondary N) is 2. The third-order valence-corrected chi connectivity index (χ3v) is 5.00. The Bertz CT molecular complexity index is 1250. The number of carboxylic acid groups (broad SMARTS) is 1. The van der Waals surface area contributed by atoms with Crippen molar-refractivity contribution in [2.75, 3.05) is 19.8 Å². The molecule has 16 heteroatoms. The fourth-order valence-corrected chi connectivity index (χ4v) is 2.86. The Balaban J connectivity index is 2.17. The third-order valence-electron chi connectivity index (χ3n) is 5.00. The van der Waals surface area contributed by atoms with E-state index >= 15 is 0 Å². The van der Waals surface area contributed by atoms with Crippen molar-refractivity contribution >= 4 is 29.7 Å². The van der Waals surface area contributed by atoms with Crippen molar-refractivity contribution in [1.82, 2.24) is 10.6 Å². The van der Waals surface area contributed by atoms with E-state index in [0.717, 1.165) is 24.3 Å². The first kappa shape index (κ1) is 30.1. The number of aliphatic carboxylic acids is 1. The maximum Gasteiger partial charge on any atom is 0.332 e. The average Bonchev–Trinajstić information content (AvgIpc) is 2.90. The summed E-state index contributed by atoms with van der Waals surface area (Å²) in [5, 5.41) is 61.3. The zero-order chi connectivity index (χ0) is 29.3. The Morgan fingerprint density at radius 3 is 1.64 bits per heavy atom. The molecule has 0 saturated carbocycles. The van der Waals surface area contributed by atoms with Gasteiger partial charge < -0.3 is 56.5 Å². The van der Waals surface area contributed by atoms with Crippen molar-refractivity contribution in [2.45, 2.75) is 18.1 Å². The van der Waals surface area contributed by atoms with E-state index in [0.29, 0.717) is 0 Å². The fourth-order valence-electron chi connectivity index (χ4n) is 2.86. The van der Waals surface area contributed by atoms with Gasteiger partial charge in [-0.15, -0.1) is 0 Å². The van der Waals surface area contributed by atoms with Crippen molar-refractivity contribution in [1.29, 1.82) is 0 Å². The number of aromatic hydroxyl groups is 4. The number of phenolic OH excluding ortho intramolecular Hbond substituents is 4. The lowest BCUT2D eigenvalue weighted by Crippen LogP contribution is -2.49. The zero-order valence-electron chi connectivity index (χ0n) is 19.9. The lowest BCUT2D eigenvalue weighted by molar-refractivity contribution is -0.154. The summed E-state index contributed by atoms with van der Waals surface area (Å²) in [6.07, 6.45) is 0. The molecule has 0 aromatic heterocycles. The van der Waals surface area contributed by atoms with Gasteiger partial charge in [0, 0.05) is 0 Å². The highest BCUT2D eigenvalue weighted by Gasteiger charge is 2.30. The van der Waals surface area contributed by atoms with Gasteiger partial charge in [-0.2, -0.15) is 0 Å². The summed E-state index contributed by atoms with van der Waals surface area (Å²) in [6.45, 7) is -2.71. The van der Waals surface area contributed by atoms with Crippen molar-refractivity contribution in [3.8, 4) is 23.0 Å². The summed E-state index contributed by atoms with van der Waals surface area (Å²) in [4.78, 5) is 61.1. The van der Waals surface area contributed by atoms with Crippen LogP contribution in [0.3, 0.4) is 0 Å². The molecule has 2 amide bonds. The number of carboxylic acids is 1. The summed E-state index contributed by atoms with van der Waals surface area (Å²) >= 11 is 0. The van der Waals surface area contributed by atoms with E-state index in [-0.39, 0.29) is 0 Å². The van der Waals surface area contributed by atoms with Crippen LogP contribution in [0.25, 0.3) is 0 Å². The van der Waals surface area contributed by atoms with Gasteiger partial charge in [-0.1, -0.05) is 12.1 Å². The lowest BCUT2D eigenvalue weighted by atomic mass is 10.1. The van der Waals surface area contributed by atoms with E-state index in [2.05, 4.69) is 5.32 Å². The van der Waals surface area contributed by atoms with Gasteiger partial charge in [0.25, 0.3) is 11.8 Å². The normalized spacial score (nSPS) is 12.9. The standard InChI is InChI=1S/C23H25N3O13/c24-12(7-27)22(36)38-9-14(26-20(33)11-4-2-6-16(29)18(11)31)23(37)39-8-13(21(34)35)25-19(32)10-3-1-5-15(28)17(10)30/h1-6,12-14,27-31H,7-9,24H2,(H,25,32)(H,26,33)(H,34,35)/t12-,13-,14-/m0/s1. The average molecular weight is 551 g/mol. The molecule has 0 heterocycles. The van der Waals surface area contributed by atoms with Crippen molar-refractivity contribution in [3.63, 3.8) is 0 Å². The minimum Gasteiger partial charge on any atom is -0.504 e. The number of phenols is 4. The molecular weight excluding hydrogens is 526 g/mol. The highest BCUT2D eigenvalue weighted by Crippen LogP contribution is 2.29. The summed E-state index contributed by atoms with van der Waals surface area (Å²) in [5.74, 6) is -9.39. The first-order chi connectivity index (χ1) is 18.4. The number of aliphatic hydroxyl groups excluding tert-OH is 1. The van der Waals surface area contributed by atoms with Gasteiger partial charge in [0.05, 0.1) is 17.7 Å². The van der Waals surface area contributed by atoms with Crippen LogP contribution >= 0.6 is 0 Å². The number of esters is 2. The topological polar surface area (TPSA) is 275 Å². The van der Waals surface area contributed by atoms with Gasteiger partial charge in [0.2, 0.25) is 0 Å². The van der Waals surface area contributed by atoms with E-state index < -0.39 is 102 Å². The molecule has 0 bridgehead atoms. The summed E-state index contributed by atoms with van der Waals surface area (Å²) < 4.78 is 9.66. The van der Waals surface area contributed by atoms with Gasteiger partial charge in [-0.25, -0.2) is 9.59 Å². The predicted octanol–water partition coefficient (Wildman–Crippen LogP) is -2.10. The number of hydrogen-bond donors (Lipinski definition) is 9. The van der Waals surface area contributed by atoms with Crippen LogP contribution in [0.5, 0.6) is 23.0 Å². The first-order valence-electron chi connectivity index (χ1n) is 10.9. The summed E-state index contributed by atoms with van der Waals surface area (Å²) in [6, 6.07) is 1.59. The molecule has 0 unspecified atom stereocenters. The van der Waals surface area contributed by atoms with E-state index in [1.165, 1.54) is 12.1 Å². The number of hydrogen-bond acceptors (Lipinski definition) is 13. The number of rotatable bonds is 12. The monoisotopic (exact) mass is 551 g/mol. The highest BCUT2D eigenvalue weighted by atomic mass is 16.6. The SMILES string of the molecule is N[C@@H](CO)C(=O)OC[C@H](NC(=O)c1cccc(O)c1O)C(=O)OC[C@H](NC(=O)c1cccc(O)c1O)C(=O)O. The maximum absolute atomic E-state index is 12.7. The van der Waals surface area contributed by atoms with Crippen LogP contribution in [-0.4, -0.2) is 98.3 Å². The van der Waals surface area contributed by atoms with Crippen molar-refractivity contribution < 1.29 is 64.1 Å². The maximum atomic E-state index is 12.7. The second-order valence-electron chi connectivity index (χ2n) is 7.79. The number of aliphatic hydroxyl groups is 1. The van der Waals surface area contributed by atoms with Crippen LogP contribution in [0.1, 0.15) is 20.7 Å². The molecule has 0 spiro atoms. The Kier molecular flexibility index (Phi) is 10.4. The summed E-state index contributed by atoms with van der Waals surface area (Å²) in [5.41, 5.74) is 4.37. The molecule has 0 radical (unpaired) electrons. The number of amides is 2. The van der Waals surface area contributed by atoms with Crippen LogP contribution in [-0.2, 0) is 23.9 Å². The molecule has 210 valence electrons. The minimum absolute atomic E-state index is 0.476. The molecule has 0 fully saturated rings. The highest BCUT2D eigenvalue weighted by molar-refractivity contribution is 6.00. The molecule has 0 saturated heterocycles. The Labute approximate surface area is 219 Å². The second-order valence-corrected chi connectivity index (χ2v) is 7.79. The number of benzene rings is 2. The molecule has 39 heavy (non-hydrogen) atoms. The van der Waals surface area contributed by atoms with Gasteiger partial charge in [-0.05, 0) is 24.3 Å². The molecule has 16 nitrogen and oxygen atoms in total. The third kappa shape index (κ3) is 7.94. The molecule has 2 rings (SSSR count). The Morgan fingerprint density at radius 2 is 1.18 bits per heavy atom. The first-order valence-corrected chi connectivity index (χ1v) is 10.9. The van der Waals surface area contributed by atoms with Gasteiger partial charge in [0.15, 0.2) is 35.1 Å². The fraction of sp³-hybridized carbons (Fsp3) is 0.261. The molecule has 10 N–H and O–H groups in total. The molecule has 0 aliphatic carbocycles. The van der Waals surface area contributed by atoms with E-state index in [9.17, 15) is 49.5 Å². The molecule has 2 aromatic carbocycles. The number of para-hydroxylation sites is 2. The molecule has 0 aliphatic heterocycles. The smallest absolute Gasteiger partial charge is 0.332 e. The van der Waals surface area contributed by atoms with Gasteiger partial charge in [-0.3, -0.25) is 14.4 Å². The number of carbonyl (C=O) groups excluding carboxylic acids is 4. The molecule has 0 aliphatic rings. The second kappa shape index (κ2) is 13.5. The zero-order valence-corrected chi connectivity index (χ0v) is 19.9. The van der Waals surface area contributed by atoms with E-state index in [1.54, 1.807) is 0 Å². The quantitative estimate of drug-likeness (QED) is 0.101. The predicted molar refractivity (Wildman–Crippen MR) is 127 cm³/mol. The van der Waals surface area contributed by atoms with Gasteiger partial charge >= 0.3 is 17.9 Å². The summed E-state index contributed by atoms with van der Waals surface area (Å²) in [7, 11) is 0. The van der Waals surface area contributed by atoms with Crippen LogP contribution in [0, 0.1) is 0 Å². The Morgan fingerprint density at radius 1 is 0.744 bits per heavy atom. The van der Waals surface area contributed by atoms with Crippen LogP contribution < -0.4 is 16.4 Å². The van der Waals surface area contributed by atoms with Crippen LogP contribution in [0.2, 0.25) is 0 Å². The Hall–Kier alpha value is -5.09. The van der Waals surface area contributed by atoms with E-state index in [1.807, 2.05) is 5.32 Å². The van der Waals surface area contributed by atoms with Gasteiger partial charge in [0.1, 0.15) is 19.3 Å². The van der Waals surface area contributed by atoms with E-state index in [4.69, 9.17) is 20.3 Å². The molecular formula is C23H25N3O13. The molecule has 3 atom stereocenters. The number of ether oxygens (including phenoxy) is 2. The minimum atomic E-state index is -1.87. The molecule has 2 aromatic rings. The largest absolute Gasteiger partial charge is 0.504 e. The van der Waals surface area contributed by atoms with Crippen LogP contribution in [0.15, 0.2) is 36.4 Å². The van der Waals surface area contributed by atoms with Crippen LogP contribution in [0.4, 0.5) is 0 Å². The van der Waals surface area contributed by atoms with Crippen molar-refractivity contribution in [2.24, 2.45) is 5.73 Å². The number of carbonyl (C=O) groups is 5.